The van der Waals surface area contributed by atoms with Crippen molar-refractivity contribution in [3.63, 3.8) is 0 Å². The second kappa shape index (κ2) is 4.52. The summed E-state index contributed by atoms with van der Waals surface area (Å²) in [5.41, 5.74) is -2.19. The Kier molecular flexibility index (Phi) is 3.60. The molecule has 6 nitrogen and oxygen atoms in total. The van der Waals surface area contributed by atoms with Crippen LogP contribution in [0.2, 0.25) is 0 Å². The Morgan fingerprint density at radius 2 is 2.00 bits per heavy atom. The monoisotopic (exact) mass is 283 g/mol. The second-order valence-electron chi connectivity index (χ2n) is 3.59. The van der Waals surface area contributed by atoms with Crippen molar-refractivity contribution >= 4 is 21.2 Å². The summed E-state index contributed by atoms with van der Waals surface area (Å²) >= 11 is 0. The molecule has 0 amide bonds. The van der Waals surface area contributed by atoms with Gasteiger partial charge in [-0.3, -0.25) is 10.1 Å². The molecule has 18 heavy (non-hydrogen) atoms. The van der Waals surface area contributed by atoms with Gasteiger partial charge in [0.2, 0.25) is 0 Å². The molecule has 0 aliphatic carbocycles. The van der Waals surface area contributed by atoms with Crippen LogP contribution in [0.3, 0.4) is 0 Å². The van der Waals surface area contributed by atoms with Crippen LogP contribution in [-0.4, -0.2) is 26.6 Å². The van der Waals surface area contributed by atoms with E-state index >= 15 is 0 Å². The van der Waals surface area contributed by atoms with Crippen LogP contribution in [0.15, 0.2) is 16.6 Å². The van der Waals surface area contributed by atoms with Crippen molar-refractivity contribution in [1.82, 2.24) is 4.98 Å². The third-order valence-electron chi connectivity index (χ3n) is 1.67. The number of hydrogen-bond acceptors (Lipinski definition) is 5. The third-order valence-corrected chi connectivity index (χ3v) is 2.29. The lowest BCUT2D eigenvalue weighted by atomic mass is 10.2. The van der Waals surface area contributed by atoms with Crippen molar-refractivity contribution in [2.24, 2.45) is 4.36 Å². The van der Waals surface area contributed by atoms with Gasteiger partial charge in [-0.25, -0.2) is 9.19 Å². The molecule has 10 heteroatoms. The van der Waals surface area contributed by atoms with E-state index in [2.05, 4.69) is 9.35 Å². The maximum absolute atomic E-state index is 12.7. The lowest BCUT2D eigenvalue weighted by Crippen LogP contribution is -2.08. The average molecular weight is 283 g/mol. The summed E-state index contributed by atoms with van der Waals surface area (Å²) in [5.74, 6) is -0.817. The second-order valence-corrected chi connectivity index (χ2v) is 6.14. The highest BCUT2D eigenvalue weighted by molar-refractivity contribution is 7.92. The minimum atomic E-state index is -4.86. The number of aromatic nitrogens is 1. The Hall–Kier alpha value is -1.71. The van der Waals surface area contributed by atoms with Crippen LogP contribution >= 0.6 is 0 Å². The summed E-state index contributed by atoms with van der Waals surface area (Å²) in [7, 11) is -2.85. The first-order valence-electron chi connectivity index (χ1n) is 4.39. The van der Waals surface area contributed by atoms with Gasteiger partial charge in [0.15, 0.2) is 5.82 Å². The Bertz CT molecular complexity index is 597. The zero-order valence-corrected chi connectivity index (χ0v) is 10.1. The fourth-order valence-electron chi connectivity index (χ4n) is 1.04. The molecule has 0 aliphatic rings. The van der Waals surface area contributed by atoms with E-state index in [0.717, 1.165) is 12.5 Å². The molecule has 0 atom stereocenters. The van der Waals surface area contributed by atoms with Crippen LogP contribution in [0.25, 0.3) is 0 Å². The predicted octanol–water partition coefficient (Wildman–Crippen LogP) is 2.37. The van der Waals surface area contributed by atoms with E-state index in [1.165, 1.54) is 0 Å². The maximum Gasteiger partial charge on any atom is 0.420 e. The minimum absolute atomic E-state index is 0.316. The van der Waals surface area contributed by atoms with Gasteiger partial charge >= 0.3 is 6.18 Å². The maximum atomic E-state index is 12.7. The molecule has 0 radical (unpaired) electrons. The summed E-state index contributed by atoms with van der Waals surface area (Å²) in [6.45, 7) is 0. The Morgan fingerprint density at radius 1 is 1.44 bits per heavy atom. The Balaban J connectivity index is 3.55. The molecule has 1 aromatic rings. The molecule has 0 fully saturated rings. The van der Waals surface area contributed by atoms with Gasteiger partial charge in [0.1, 0.15) is 11.8 Å². The molecular formula is C8H8F3N3O3S. The third kappa shape index (κ3) is 3.65. The number of hydrogen-bond donors (Lipinski definition) is 0. The van der Waals surface area contributed by atoms with E-state index in [0.29, 0.717) is 12.3 Å². The molecule has 0 bridgehead atoms. The molecule has 0 saturated heterocycles. The van der Waals surface area contributed by atoms with E-state index in [-0.39, 0.29) is 0 Å². The van der Waals surface area contributed by atoms with Crippen molar-refractivity contribution in [3.05, 3.63) is 27.9 Å². The van der Waals surface area contributed by atoms with Gasteiger partial charge in [-0.15, -0.1) is 0 Å². The smallest absolute Gasteiger partial charge is 0.258 e. The van der Waals surface area contributed by atoms with Crippen LogP contribution in [0.5, 0.6) is 0 Å². The fourth-order valence-corrected chi connectivity index (χ4v) is 1.60. The van der Waals surface area contributed by atoms with Gasteiger partial charge in [0.05, 0.1) is 4.92 Å². The van der Waals surface area contributed by atoms with Crippen molar-refractivity contribution in [1.29, 1.82) is 0 Å². The highest BCUT2D eigenvalue weighted by Gasteiger charge is 2.36. The molecule has 0 saturated carbocycles. The van der Waals surface area contributed by atoms with Gasteiger partial charge in [-0.1, -0.05) is 0 Å². The predicted molar refractivity (Wildman–Crippen MR) is 58.0 cm³/mol. The summed E-state index contributed by atoms with van der Waals surface area (Å²) < 4.78 is 52.6. The first-order valence-corrected chi connectivity index (χ1v) is 6.72. The zero-order valence-electron chi connectivity index (χ0n) is 9.26. The number of nitrogens with zero attached hydrogens (tertiary/aromatic N) is 3. The minimum Gasteiger partial charge on any atom is -0.258 e. The van der Waals surface area contributed by atoms with E-state index in [9.17, 15) is 27.5 Å². The van der Waals surface area contributed by atoms with Crippen LogP contribution < -0.4 is 0 Å². The number of rotatable bonds is 2. The van der Waals surface area contributed by atoms with Crippen molar-refractivity contribution in [2.75, 3.05) is 12.5 Å². The van der Waals surface area contributed by atoms with Crippen LogP contribution in [0, 0.1) is 10.1 Å². The molecule has 0 N–H and O–H groups in total. The van der Waals surface area contributed by atoms with E-state index in [1.54, 1.807) is 0 Å². The number of halogens is 3. The largest absolute Gasteiger partial charge is 0.420 e. The Labute approximate surface area is 100 Å². The number of nitro groups is 1. The van der Waals surface area contributed by atoms with Crippen molar-refractivity contribution in [2.45, 2.75) is 6.18 Å². The zero-order chi connectivity index (χ0) is 14.1. The molecular weight excluding hydrogens is 275 g/mol. The van der Waals surface area contributed by atoms with Gasteiger partial charge < -0.3 is 0 Å². The summed E-state index contributed by atoms with van der Waals surface area (Å²) in [4.78, 5) is 12.6. The molecule has 100 valence electrons. The first-order chi connectivity index (χ1) is 8.00. The average Bonchev–Trinajstić information content (AvgIpc) is 2.13. The quantitative estimate of drug-likeness (QED) is 0.616. The first kappa shape index (κ1) is 14.4. The van der Waals surface area contributed by atoms with Crippen LogP contribution in [0.1, 0.15) is 5.56 Å². The lowest BCUT2D eigenvalue weighted by molar-refractivity contribution is -0.385. The van der Waals surface area contributed by atoms with Gasteiger partial charge in [-0.2, -0.15) is 17.5 Å². The molecule has 0 aromatic carbocycles. The van der Waals surface area contributed by atoms with Gasteiger partial charge in [0.25, 0.3) is 5.69 Å². The van der Waals surface area contributed by atoms with E-state index in [4.69, 9.17) is 0 Å². The summed E-state index contributed by atoms with van der Waals surface area (Å²) in [5, 5.41) is 10.4. The Morgan fingerprint density at radius 3 is 2.39 bits per heavy atom. The standard InChI is InChI=1S/C8H8F3N3O3S/c1-18(2,17)13-7-6(8(9,10)11)3-5(4-12-7)14(15)16/h3-4H,1-2H3. The molecule has 0 spiro atoms. The van der Waals surface area contributed by atoms with Gasteiger partial charge in [-0.05, 0) is 0 Å². The van der Waals surface area contributed by atoms with E-state index in [1.807, 2.05) is 0 Å². The van der Waals surface area contributed by atoms with Crippen molar-refractivity contribution < 1.29 is 22.3 Å². The SMILES string of the molecule is CS(C)(=O)=Nc1ncc([N+](=O)[O-])cc1C(F)(F)F. The molecule has 1 heterocycles. The van der Waals surface area contributed by atoms with Crippen LogP contribution in [0.4, 0.5) is 24.7 Å². The normalized spacial score (nSPS) is 12.3. The van der Waals surface area contributed by atoms with Gasteiger partial charge in [0, 0.05) is 28.3 Å². The number of pyridine rings is 1. The molecule has 1 aromatic heterocycles. The van der Waals surface area contributed by atoms with E-state index < -0.39 is 37.9 Å². The van der Waals surface area contributed by atoms with Crippen LogP contribution in [-0.2, 0) is 15.9 Å². The molecule has 0 unspecified atom stereocenters. The molecule has 1 rings (SSSR count). The fraction of sp³-hybridized carbons (Fsp3) is 0.375. The lowest BCUT2D eigenvalue weighted by Gasteiger charge is -2.08. The van der Waals surface area contributed by atoms with Crippen molar-refractivity contribution in [3.8, 4) is 0 Å². The summed E-state index contributed by atoms with van der Waals surface area (Å²) in [6, 6.07) is 0.316. The topological polar surface area (TPSA) is 85.5 Å². The molecule has 0 aliphatic heterocycles. The number of alkyl halides is 3. The highest BCUT2D eigenvalue weighted by Crippen LogP contribution is 2.37. The highest BCUT2D eigenvalue weighted by atomic mass is 32.2. The summed E-state index contributed by atoms with van der Waals surface area (Å²) in [6.07, 6.45) is -1.95.